The molecule has 0 saturated heterocycles. The van der Waals surface area contributed by atoms with Crippen molar-refractivity contribution in [3.05, 3.63) is 38.9 Å². The first kappa shape index (κ1) is 14.1. The van der Waals surface area contributed by atoms with Gasteiger partial charge in [0.1, 0.15) is 5.56 Å². The average molecular weight is 301 g/mol. The molecule has 102 valence electrons. The molecule has 0 radical (unpaired) electrons. The summed E-state index contributed by atoms with van der Waals surface area (Å²) in [5, 5.41) is 13.9. The summed E-state index contributed by atoms with van der Waals surface area (Å²) in [6.07, 6.45) is 4.12. The van der Waals surface area contributed by atoms with E-state index in [1.807, 2.05) is 6.26 Å². The van der Waals surface area contributed by atoms with Crippen molar-refractivity contribution in [1.82, 2.24) is 5.32 Å². The Morgan fingerprint density at radius 1 is 1.58 bits per heavy atom. The fourth-order valence-electron chi connectivity index (χ4n) is 1.78. The van der Waals surface area contributed by atoms with E-state index in [1.54, 1.807) is 11.8 Å². The van der Waals surface area contributed by atoms with E-state index in [-0.39, 0.29) is 16.0 Å². The summed E-state index contributed by atoms with van der Waals surface area (Å²) in [6.45, 7) is 0.524. The number of nitrogens with one attached hydrogen (secondary N) is 1. The second kappa shape index (κ2) is 5.38. The largest absolute Gasteiger partial charge is 0.350 e. The highest BCUT2D eigenvalue weighted by Gasteiger charge is 2.42. The molecule has 5 nitrogen and oxygen atoms in total. The predicted molar refractivity (Wildman–Crippen MR) is 75.9 cm³/mol. The SMILES string of the molecule is CSC1(CNC(=O)c2cc(Cl)ccc2[N+](=O)[O-])CC1. The van der Waals surface area contributed by atoms with Gasteiger partial charge in [0.15, 0.2) is 0 Å². The number of carbonyl (C=O) groups excluding carboxylic acids is 1. The maximum atomic E-state index is 12.0. The van der Waals surface area contributed by atoms with Gasteiger partial charge in [0.05, 0.1) is 4.92 Å². The molecular weight excluding hydrogens is 288 g/mol. The number of hydrogen-bond acceptors (Lipinski definition) is 4. The third-order valence-electron chi connectivity index (χ3n) is 3.21. The number of rotatable bonds is 5. The third-order valence-corrected chi connectivity index (χ3v) is 4.87. The highest BCUT2D eigenvalue weighted by molar-refractivity contribution is 8.00. The van der Waals surface area contributed by atoms with E-state index in [9.17, 15) is 14.9 Å². The van der Waals surface area contributed by atoms with Crippen LogP contribution in [0.15, 0.2) is 18.2 Å². The molecule has 0 spiro atoms. The Morgan fingerprint density at radius 2 is 2.26 bits per heavy atom. The maximum absolute atomic E-state index is 12.0. The molecule has 0 aliphatic heterocycles. The van der Waals surface area contributed by atoms with E-state index >= 15 is 0 Å². The first-order valence-electron chi connectivity index (χ1n) is 5.75. The van der Waals surface area contributed by atoms with E-state index in [4.69, 9.17) is 11.6 Å². The van der Waals surface area contributed by atoms with Gasteiger partial charge < -0.3 is 5.32 Å². The minimum atomic E-state index is -0.577. The van der Waals surface area contributed by atoms with E-state index in [0.717, 1.165) is 12.8 Å². The van der Waals surface area contributed by atoms with Gasteiger partial charge in [-0.1, -0.05) is 11.6 Å². The topological polar surface area (TPSA) is 72.2 Å². The molecule has 0 heterocycles. The second-order valence-corrected chi connectivity index (χ2v) is 6.20. The molecule has 7 heteroatoms. The van der Waals surface area contributed by atoms with Crippen molar-refractivity contribution in [2.45, 2.75) is 17.6 Å². The number of nitro benzene ring substituents is 1. The van der Waals surface area contributed by atoms with Crippen molar-refractivity contribution in [3.8, 4) is 0 Å². The van der Waals surface area contributed by atoms with E-state index in [0.29, 0.717) is 11.6 Å². The van der Waals surface area contributed by atoms with Gasteiger partial charge in [0, 0.05) is 22.4 Å². The fourth-order valence-corrected chi connectivity index (χ4v) is 2.68. The number of carbonyl (C=O) groups is 1. The molecule has 1 fully saturated rings. The van der Waals surface area contributed by atoms with Gasteiger partial charge >= 0.3 is 0 Å². The van der Waals surface area contributed by atoms with Gasteiger partial charge in [-0.25, -0.2) is 0 Å². The van der Waals surface area contributed by atoms with Crippen LogP contribution in [0.5, 0.6) is 0 Å². The van der Waals surface area contributed by atoms with Crippen LogP contribution in [0.3, 0.4) is 0 Å². The van der Waals surface area contributed by atoms with Crippen molar-refractivity contribution in [2.24, 2.45) is 0 Å². The number of hydrogen-bond donors (Lipinski definition) is 1. The first-order chi connectivity index (χ1) is 8.97. The molecule has 0 unspecified atom stereocenters. The van der Waals surface area contributed by atoms with Crippen molar-refractivity contribution in [1.29, 1.82) is 0 Å². The Morgan fingerprint density at radius 3 is 2.79 bits per heavy atom. The lowest BCUT2D eigenvalue weighted by Crippen LogP contribution is -2.32. The number of thioether (sulfide) groups is 1. The summed E-state index contributed by atoms with van der Waals surface area (Å²) in [5.41, 5.74) is -0.217. The molecule has 1 aromatic carbocycles. The normalized spacial score (nSPS) is 15.9. The first-order valence-corrected chi connectivity index (χ1v) is 7.35. The van der Waals surface area contributed by atoms with Crippen LogP contribution in [0.1, 0.15) is 23.2 Å². The van der Waals surface area contributed by atoms with Crippen LogP contribution in [0, 0.1) is 10.1 Å². The van der Waals surface area contributed by atoms with Crippen LogP contribution in [0.4, 0.5) is 5.69 Å². The summed E-state index contributed by atoms with van der Waals surface area (Å²) in [4.78, 5) is 22.3. The molecule has 1 saturated carbocycles. The van der Waals surface area contributed by atoms with Crippen LogP contribution >= 0.6 is 23.4 Å². The summed E-state index contributed by atoms with van der Waals surface area (Å²) in [6, 6.07) is 3.98. The Bertz CT molecular complexity index is 532. The lowest BCUT2D eigenvalue weighted by atomic mass is 10.1. The van der Waals surface area contributed by atoms with Gasteiger partial charge in [-0.2, -0.15) is 11.8 Å². The van der Waals surface area contributed by atoms with Gasteiger partial charge in [-0.15, -0.1) is 0 Å². The highest BCUT2D eigenvalue weighted by Crippen LogP contribution is 2.46. The van der Waals surface area contributed by atoms with Gasteiger partial charge in [-0.3, -0.25) is 14.9 Å². The zero-order valence-electron chi connectivity index (χ0n) is 10.3. The van der Waals surface area contributed by atoms with Crippen LogP contribution in [-0.2, 0) is 0 Å². The van der Waals surface area contributed by atoms with Crippen LogP contribution in [0.2, 0.25) is 5.02 Å². The lowest BCUT2D eigenvalue weighted by molar-refractivity contribution is -0.385. The summed E-state index contributed by atoms with van der Waals surface area (Å²) < 4.78 is 0.114. The Hall–Kier alpha value is -1.27. The molecule has 1 aromatic rings. The number of halogens is 1. The fraction of sp³-hybridized carbons (Fsp3) is 0.417. The minimum absolute atomic E-state index is 0.00871. The smallest absolute Gasteiger partial charge is 0.282 e. The second-order valence-electron chi connectivity index (χ2n) is 4.49. The standard InChI is InChI=1S/C12H13ClN2O3S/c1-19-12(4-5-12)7-14-11(16)9-6-8(13)2-3-10(9)15(17)18/h2-3,6H,4-5,7H2,1H3,(H,14,16). The van der Waals surface area contributed by atoms with E-state index in [2.05, 4.69) is 5.32 Å². The molecule has 1 aliphatic rings. The third kappa shape index (κ3) is 3.19. The molecule has 19 heavy (non-hydrogen) atoms. The molecule has 0 aromatic heterocycles. The van der Waals surface area contributed by atoms with E-state index < -0.39 is 10.8 Å². The summed E-state index contributed by atoms with van der Waals surface area (Å²) in [7, 11) is 0. The van der Waals surface area contributed by atoms with Crippen molar-refractivity contribution < 1.29 is 9.72 Å². The summed E-state index contributed by atoms with van der Waals surface area (Å²) in [5.74, 6) is -0.450. The maximum Gasteiger partial charge on any atom is 0.282 e. The van der Waals surface area contributed by atoms with Crippen molar-refractivity contribution in [2.75, 3.05) is 12.8 Å². The number of nitro groups is 1. The Kier molecular flexibility index (Phi) is 4.01. The summed E-state index contributed by atoms with van der Waals surface area (Å²) >= 11 is 7.50. The monoisotopic (exact) mass is 300 g/mol. The van der Waals surface area contributed by atoms with Crippen molar-refractivity contribution in [3.63, 3.8) is 0 Å². The van der Waals surface area contributed by atoms with E-state index in [1.165, 1.54) is 18.2 Å². The van der Waals surface area contributed by atoms with Crippen LogP contribution < -0.4 is 5.32 Å². The average Bonchev–Trinajstić information content (AvgIpc) is 3.16. The Labute approximate surface area is 119 Å². The molecule has 0 atom stereocenters. The van der Waals surface area contributed by atoms with Crippen LogP contribution in [0.25, 0.3) is 0 Å². The molecule has 0 bridgehead atoms. The number of benzene rings is 1. The number of amides is 1. The highest BCUT2D eigenvalue weighted by atomic mass is 35.5. The Balaban J connectivity index is 2.14. The lowest BCUT2D eigenvalue weighted by Gasteiger charge is -2.13. The molecular formula is C12H13ClN2O3S. The van der Waals surface area contributed by atoms with Crippen LogP contribution in [-0.4, -0.2) is 28.4 Å². The minimum Gasteiger partial charge on any atom is -0.350 e. The van der Waals surface area contributed by atoms with Crippen molar-refractivity contribution >= 4 is 35.0 Å². The molecule has 1 N–H and O–H groups in total. The van der Waals surface area contributed by atoms with Gasteiger partial charge in [0.2, 0.25) is 0 Å². The van der Waals surface area contributed by atoms with Gasteiger partial charge in [0.25, 0.3) is 11.6 Å². The molecule has 1 aliphatic carbocycles. The van der Waals surface area contributed by atoms with Gasteiger partial charge in [-0.05, 0) is 31.2 Å². The zero-order chi connectivity index (χ0) is 14.0. The zero-order valence-corrected chi connectivity index (χ0v) is 11.9. The predicted octanol–water partition coefficient (Wildman–Crippen LogP) is 2.87. The molecule has 2 rings (SSSR count). The molecule has 1 amide bonds. The number of nitrogens with zero attached hydrogens (tertiary/aromatic N) is 1. The quantitative estimate of drug-likeness (QED) is 0.670.